The number of carbonyl (C=O) groups is 1. The highest BCUT2D eigenvalue weighted by Gasteiger charge is 2.10. The maximum atomic E-state index is 13.4. The molecule has 0 aliphatic rings. The van der Waals surface area contributed by atoms with E-state index in [1.54, 1.807) is 12.1 Å². The van der Waals surface area contributed by atoms with Crippen molar-refractivity contribution in [2.24, 2.45) is 0 Å². The second-order valence-electron chi connectivity index (χ2n) is 3.86. The number of anilines is 1. The lowest BCUT2D eigenvalue weighted by molar-refractivity contribution is 0.250. The number of para-hydroxylation sites is 1. The Balaban J connectivity index is 2.20. The Morgan fingerprint density at radius 2 is 2.24 bits per heavy atom. The Morgan fingerprint density at radius 3 is 2.88 bits per heavy atom. The molecule has 0 saturated carbocycles. The van der Waals surface area contributed by atoms with Crippen molar-refractivity contribution < 1.29 is 9.18 Å². The van der Waals surface area contributed by atoms with Gasteiger partial charge in [-0.3, -0.25) is 5.32 Å². The second kappa shape index (κ2) is 4.67. The molecule has 0 atom stereocenters. The van der Waals surface area contributed by atoms with Gasteiger partial charge in [0.2, 0.25) is 0 Å². The van der Waals surface area contributed by atoms with Gasteiger partial charge in [0.05, 0.1) is 4.70 Å². The van der Waals surface area contributed by atoms with Gasteiger partial charge in [-0.25, -0.2) is 14.2 Å². The molecule has 0 unspecified atom stereocenters. The van der Waals surface area contributed by atoms with Gasteiger partial charge in [-0.15, -0.1) is 0 Å². The van der Waals surface area contributed by atoms with Crippen molar-refractivity contribution in [2.45, 2.75) is 19.9 Å². The highest BCUT2D eigenvalue weighted by atomic mass is 32.1. The molecule has 0 radical (unpaired) electrons. The molecule has 0 saturated heterocycles. The standard InChI is InChI=1S/C11H12FN3OS/c1-6(2)13-10(16)15-11-14-9-7(12)4-3-5-8(9)17-11/h3-6H,1-2H3,(H2,13,14,15,16). The average Bonchev–Trinajstić information content (AvgIpc) is 2.60. The number of thiazole rings is 1. The van der Waals surface area contributed by atoms with Crippen LogP contribution in [-0.2, 0) is 0 Å². The molecule has 17 heavy (non-hydrogen) atoms. The van der Waals surface area contributed by atoms with Crippen molar-refractivity contribution >= 4 is 32.7 Å². The van der Waals surface area contributed by atoms with Crippen molar-refractivity contribution in [1.82, 2.24) is 10.3 Å². The van der Waals surface area contributed by atoms with Gasteiger partial charge in [0.1, 0.15) is 11.3 Å². The summed E-state index contributed by atoms with van der Waals surface area (Å²) >= 11 is 1.24. The molecule has 6 heteroatoms. The summed E-state index contributed by atoms with van der Waals surface area (Å²) in [5.74, 6) is -0.379. The molecule has 0 bridgehead atoms. The lowest BCUT2D eigenvalue weighted by atomic mass is 10.3. The van der Waals surface area contributed by atoms with E-state index < -0.39 is 0 Å². The fourth-order valence-corrected chi connectivity index (χ4v) is 2.24. The van der Waals surface area contributed by atoms with Gasteiger partial charge in [0.15, 0.2) is 5.13 Å². The third-order valence-electron chi connectivity index (χ3n) is 2.01. The van der Waals surface area contributed by atoms with Gasteiger partial charge in [0, 0.05) is 6.04 Å². The van der Waals surface area contributed by atoms with Crippen molar-refractivity contribution in [2.75, 3.05) is 5.32 Å². The van der Waals surface area contributed by atoms with Crippen LogP contribution in [0.4, 0.5) is 14.3 Å². The van der Waals surface area contributed by atoms with Crippen molar-refractivity contribution in [3.05, 3.63) is 24.0 Å². The molecule has 0 aliphatic carbocycles. The highest BCUT2D eigenvalue weighted by Crippen LogP contribution is 2.27. The normalized spacial score (nSPS) is 10.8. The van der Waals surface area contributed by atoms with E-state index in [9.17, 15) is 9.18 Å². The number of amides is 2. The third-order valence-corrected chi connectivity index (χ3v) is 2.95. The van der Waals surface area contributed by atoms with Crippen LogP contribution in [0.3, 0.4) is 0 Å². The molecule has 2 amide bonds. The quantitative estimate of drug-likeness (QED) is 0.864. The van der Waals surface area contributed by atoms with E-state index in [1.165, 1.54) is 17.4 Å². The van der Waals surface area contributed by atoms with Crippen LogP contribution < -0.4 is 10.6 Å². The second-order valence-corrected chi connectivity index (χ2v) is 4.89. The van der Waals surface area contributed by atoms with Gasteiger partial charge >= 0.3 is 6.03 Å². The lowest BCUT2D eigenvalue weighted by Crippen LogP contribution is -2.34. The molecule has 2 N–H and O–H groups in total. The van der Waals surface area contributed by atoms with E-state index in [-0.39, 0.29) is 23.4 Å². The van der Waals surface area contributed by atoms with Crippen LogP contribution in [0, 0.1) is 5.82 Å². The molecule has 90 valence electrons. The number of aromatic nitrogens is 1. The van der Waals surface area contributed by atoms with Gasteiger partial charge in [0.25, 0.3) is 0 Å². The van der Waals surface area contributed by atoms with Crippen LogP contribution >= 0.6 is 11.3 Å². The summed E-state index contributed by atoms with van der Waals surface area (Å²) in [5.41, 5.74) is 0.289. The van der Waals surface area contributed by atoms with Crippen LogP contribution in [0.5, 0.6) is 0 Å². The summed E-state index contributed by atoms with van der Waals surface area (Å²) in [6, 6.07) is 4.44. The zero-order chi connectivity index (χ0) is 12.4. The molecule has 1 heterocycles. The summed E-state index contributed by atoms with van der Waals surface area (Å²) in [6.07, 6.45) is 0. The Labute approximate surface area is 102 Å². The number of hydrogen-bond acceptors (Lipinski definition) is 3. The van der Waals surface area contributed by atoms with Crippen LogP contribution in [0.25, 0.3) is 10.2 Å². The van der Waals surface area contributed by atoms with Crippen LogP contribution in [0.1, 0.15) is 13.8 Å². The predicted octanol–water partition coefficient (Wildman–Crippen LogP) is 2.97. The highest BCUT2D eigenvalue weighted by molar-refractivity contribution is 7.22. The average molecular weight is 253 g/mol. The van der Waals surface area contributed by atoms with Gasteiger partial charge < -0.3 is 5.32 Å². The first kappa shape index (κ1) is 11.8. The minimum Gasteiger partial charge on any atom is -0.336 e. The molecule has 2 rings (SSSR count). The minimum absolute atomic E-state index is 0.0427. The van der Waals surface area contributed by atoms with Gasteiger partial charge in [-0.2, -0.15) is 0 Å². The summed E-state index contributed by atoms with van der Waals surface area (Å²) in [4.78, 5) is 15.5. The molecular formula is C11H12FN3OS. The summed E-state index contributed by atoms with van der Waals surface area (Å²) in [6.45, 7) is 3.72. The van der Waals surface area contributed by atoms with E-state index in [4.69, 9.17) is 0 Å². The number of fused-ring (bicyclic) bond motifs is 1. The number of rotatable bonds is 2. The van der Waals surface area contributed by atoms with Crippen molar-refractivity contribution in [3.63, 3.8) is 0 Å². The van der Waals surface area contributed by atoms with Crippen molar-refractivity contribution in [3.8, 4) is 0 Å². The lowest BCUT2D eigenvalue weighted by Gasteiger charge is -2.07. The zero-order valence-electron chi connectivity index (χ0n) is 9.45. The first-order valence-corrected chi connectivity index (χ1v) is 6.00. The zero-order valence-corrected chi connectivity index (χ0v) is 10.3. The van der Waals surface area contributed by atoms with Crippen molar-refractivity contribution in [1.29, 1.82) is 0 Å². The SMILES string of the molecule is CC(C)NC(=O)Nc1nc2c(F)cccc2s1. The van der Waals surface area contributed by atoms with Crippen LogP contribution in [-0.4, -0.2) is 17.1 Å². The summed E-state index contributed by atoms with van der Waals surface area (Å²) in [5, 5.41) is 5.65. The number of benzene rings is 1. The summed E-state index contributed by atoms with van der Waals surface area (Å²) in [7, 11) is 0. The molecule has 1 aromatic heterocycles. The molecule has 1 aromatic carbocycles. The Morgan fingerprint density at radius 1 is 1.47 bits per heavy atom. The Hall–Kier alpha value is -1.69. The molecule has 0 fully saturated rings. The monoisotopic (exact) mass is 253 g/mol. The third kappa shape index (κ3) is 2.71. The summed E-state index contributed by atoms with van der Waals surface area (Å²) < 4.78 is 14.1. The molecule has 0 spiro atoms. The maximum absolute atomic E-state index is 13.4. The fraction of sp³-hybridized carbons (Fsp3) is 0.273. The number of nitrogens with one attached hydrogen (secondary N) is 2. The number of hydrogen-bond donors (Lipinski definition) is 2. The minimum atomic E-state index is -0.379. The topological polar surface area (TPSA) is 54.0 Å². The number of urea groups is 1. The number of halogens is 1. The van der Waals surface area contributed by atoms with E-state index >= 15 is 0 Å². The van der Waals surface area contributed by atoms with Gasteiger partial charge in [-0.1, -0.05) is 17.4 Å². The molecule has 2 aromatic rings. The van der Waals surface area contributed by atoms with E-state index in [2.05, 4.69) is 15.6 Å². The van der Waals surface area contributed by atoms with E-state index in [1.807, 2.05) is 13.8 Å². The maximum Gasteiger partial charge on any atom is 0.321 e. The van der Waals surface area contributed by atoms with Crippen LogP contribution in [0.15, 0.2) is 18.2 Å². The smallest absolute Gasteiger partial charge is 0.321 e. The van der Waals surface area contributed by atoms with E-state index in [0.717, 1.165) is 0 Å². The predicted molar refractivity (Wildman–Crippen MR) is 66.9 cm³/mol. The Kier molecular flexibility index (Phi) is 3.23. The Bertz CT molecular complexity index is 553. The number of carbonyl (C=O) groups excluding carboxylic acids is 1. The number of nitrogens with zero attached hydrogens (tertiary/aromatic N) is 1. The molecule has 4 nitrogen and oxygen atoms in total. The fourth-order valence-electron chi connectivity index (χ4n) is 1.36. The molecule has 0 aliphatic heterocycles. The first-order valence-electron chi connectivity index (χ1n) is 5.19. The van der Waals surface area contributed by atoms with Crippen LogP contribution in [0.2, 0.25) is 0 Å². The molecular weight excluding hydrogens is 241 g/mol. The largest absolute Gasteiger partial charge is 0.336 e. The van der Waals surface area contributed by atoms with Gasteiger partial charge in [-0.05, 0) is 26.0 Å². The first-order chi connectivity index (χ1) is 8.06. The van der Waals surface area contributed by atoms with E-state index in [0.29, 0.717) is 9.83 Å².